The fourth-order valence-electron chi connectivity index (χ4n) is 11.2. The Morgan fingerprint density at radius 1 is 0.293 bits per heavy atom. The molecular weight excluding hydrogens is 1210 g/mol. The Morgan fingerprint density at radius 2 is 0.500 bits per heavy atom. The Balaban J connectivity index is 5.20. The quantitative estimate of drug-likeness (QED) is 0.0222. The summed E-state index contributed by atoms with van der Waals surface area (Å²) in [7, 11) is -9.90. The molecule has 0 radical (unpaired) electrons. The predicted molar refractivity (Wildman–Crippen MR) is 372 cm³/mol. The third-order valence-corrected chi connectivity index (χ3v) is 18.9. The van der Waals surface area contributed by atoms with Crippen molar-refractivity contribution in [3.63, 3.8) is 0 Å². The summed E-state index contributed by atoms with van der Waals surface area (Å²) < 4.78 is 68.4. The number of hydrogen-bond acceptors (Lipinski definition) is 15. The molecular formula is C73H142O17P2. The second kappa shape index (κ2) is 66.3. The van der Waals surface area contributed by atoms with E-state index in [1.807, 2.05) is 0 Å². The molecule has 0 spiro atoms. The largest absolute Gasteiger partial charge is 0.472 e. The fourth-order valence-corrected chi connectivity index (χ4v) is 12.8. The van der Waals surface area contributed by atoms with Gasteiger partial charge in [-0.1, -0.05) is 330 Å². The number of rotatable bonds is 73. The Labute approximate surface area is 562 Å². The summed E-state index contributed by atoms with van der Waals surface area (Å²) in [5.41, 5.74) is 0. The molecule has 546 valence electrons. The van der Waals surface area contributed by atoms with Crippen LogP contribution in [-0.2, 0) is 65.4 Å². The van der Waals surface area contributed by atoms with Crippen LogP contribution in [0, 0.1) is 5.92 Å². The van der Waals surface area contributed by atoms with E-state index in [4.69, 9.17) is 37.0 Å². The van der Waals surface area contributed by atoms with Gasteiger partial charge in [0.25, 0.3) is 0 Å². The fraction of sp³-hybridized carbons (Fsp3) is 0.945. The smallest absolute Gasteiger partial charge is 0.462 e. The zero-order valence-electron chi connectivity index (χ0n) is 59.7. The van der Waals surface area contributed by atoms with E-state index in [1.54, 1.807) is 0 Å². The summed E-state index contributed by atoms with van der Waals surface area (Å²) in [5, 5.41) is 10.6. The molecule has 0 aromatic heterocycles. The summed E-state index contributed by atoms with van der Waals surface area (Å²) in [4.78, 5) is 72.6. The van der Waals surface area contributed by atoms with Crippen LogP contribution in [-0.4, -0.2) is 96.7 Å². The monoisotopic (exact) mass is 1350 g/mol. The highest BCUT2D eigenvalue weighted by molar-refractivity contribution is 7.47. The number of hydrogen-bond donors (Lipinski definition) is 3. The van der Waals surface area contributed by atoms with Crippen LogP contribution in [0.5, 0.6) is 0 Å². The average molecular weight is 1350 g/mol. The topological polar surface area (TPSA) is 237 Å². The van der Waals surface area contributed by atoms with Crippen LogP contribution in [0.25, 0.3) is 0 Å². The van der Waals surface area contributed by atoms with Crippen molar-refractivity contribution in [3.05, 3.63) is 0 Å². The number of unbranched alkanes of at least 4 members (excludes halogenated alkanes) is 45. The number of carbonyl (C=O) groups is 4. The molecule has 19 heteroatoms. The molecule has 0 saturated heterocycles. The van der Waals surface area contributed by atoms with E-state index in [1.165, 1.54) is 205 Å². The first-order chi connectivity index (χ1) is 44.5. The first-order valence-corrected chi connectivity index (χ1v) is 41.1. The van der Waals surface area contributed by atoms with Crippen LogP contribution < -0.4 is 0 Å². The third-order valence-electron chi connectivity index (χ3n) is 17.0. The molecule has 0 aromatic carbocycles. The summed E-state index contributed by atoms with van der Waals surface area (Å²) in [6.45, 7) is 7.29. The second-order valence-electron chi connectivity index (χ2n) is 26.8. The molecule has 3 N–H and O–H groups in total. The van der Waals surface area contributed by atoms with Gasteiger partial charge in [-0.2, -0.15) is 0 Å². The van der Waals surface area contributed by atoms with Gasteiger partial charge in [0.05, 0.1) is 26.4 Å². The second-order valence-corrected chi connectivity index (χ2v) is 29.7. The average Bonchev–Trinajstić information content (AvgIpc) is 3.53. The maximum atomic E-state index is 13.0. The van der Waals surface area contributed by atoms with Crippen LogP contribution in [0.4, 0.5) is 0 Å². The Kier molecular flexibility index (Phi) is 64.9. The maximum absolute atomic E-state index is 13.0. The third kappa shape index (κ3) is 66.7. The lowest BCUT2D eigenvalue weighted by Gasteiger charge is -2.21. The summed E-state index contributed by atoms with van der Waals surface area (Å²) in [6.07, 6.45) is 54.0. The van der Waals surface area contributed by atoms with Crippen molar-refractivity contribution in [1.82, 2.24) is 0 Å². The molecule has 0 aliphatic carbocycles. The van der Waals surface area contributed by atoms with Gasteiger partial charge in [-0.3, -0.25) is 37.3 Å². The van der Waals surface area contributed by atoms with Crippen molar-refractivity contribution in [3.8, 4) is 0 Å². The number of phosphoric ester groups is 2. The molecule has 5 atom stereocenters. The van der Waals surface area contributed by atoms with E-state index < -0.39 is 97.5 Å². The first-order valence-electron chi connectivity index (χ1n) is 38.1. The molecule has 17 nitrogen and oxygen atoms in total. The summed E-state index contributed by atoms with van der Waals surface area (Å²) in [5.74, 6) is -1.31. The van der Waals surface area contributed by atoms with E-state index in [2.05, 4.69) is 34.6 Å². The molecule has 0 aliphatic rings. The number of esters is 4. The molecule has 0 bridgehead atoms. The highest BCUT2D eigenvalue weighted by Gasteiger charge is 2.30. The Morgan fingerprint density at radius 3 is 0.739 bits per heavy atom. The van der Waals surface area contributed by atoms with Crippen molar-refractivity contribution >= 4 is 39.5 Å². The van der Waals surface area contributed by atoms with Gasteiger partial charge in [-0.25, -0.2) is 9.13 Å². The predicted octanol–water partition coefficient (Wildman–Crippen LogP) is 21.3. The van der Waals surface area contributed by atoms with E-state index in [0.29, 0.717) is 25.7 Å². The van der Waals surface area contributed by atoms with Gasteiger partial charge in [-0.15, -0.1) is 0 Å². The minimum Gasteiger partial charge on any atom is -0.462 e. The number of carbonyl (C=O) groups excluding carboxylic acids is 4. The standard InChI is InChI=1S/C73H142O17P2/c1-6-9-12-15-18-21-24-33-37-42-47-52-57-71(76)84-63-69(90-73(78)59-54-49-44-39-34-30-28-26-25-27-29-32-35-40-45-50-55-66(4)5)65-88-92(81,82)86-61-67(74)60-85-91(79,80)87-64-68(62-83-70(75)56-51-46-41-36-23-20-17-14-11-8-3)89-72(77)58-53-48-43-38-31-22-19-16-13-10-7-2/h66-69,74H,6-65H2,1-5H3,(H,79,80)(H,81,82)/t67-,68+,69+/m0/s1. The molecule has 0 heterocycles. The molecule has 92 heavy (non-hydrogen) atoms. The lowest BCUT2D eigenvalue weighted by molar-refractivity contribution is -0.161. The highest BCUT2D eigenvalue weighted by Crippen LogP contribution is 2.45. The SMILES string of the molecule is CCCCCCCCCCCCCCC(=O)OC[C@H](COP(=O)(O)OC[C@@H](O)COP(=O)(O)OC[C@@H](COC(=O)CCCCCCCCCCCC)OC(=O)CCCCCCCCCCCCC)OC(=O)CCCCCCCCCCCCCCCCCCC(C)C. The van der Waals surface area contributed by atoms with E-state index in [-0.39, 0.29) is 25.7 Å². The van der Waals surface area contributed by atoms with Crippen LogP contribution in [0.1, 0.15) is 381 Å². The van der Waals surface area contributed by atoms with Gasteiger partial charge < -0.3 is 33.8 Å². The van der Waals surface area contributed by atoms with Gasteiger partial charge >= 0.3 is 39.5 Å². The molecule has 2 unspecified atom stereocenters. The summed E-state index contributed by atoms with van der Waals surface area (Å²) >= 11 is 0. The van der Waals surface area contributed by atoms with Crippen molar-refractivity contribution in [2.24, 2.45) is 5.92 Å². The van der Waals surface area contributed by atoms with Crippen molar-refractivity contribution < 1.29 is 80.2 Å². The maximum Gasteiger partial charge on any atom is 0.472 e. The van der Waals surface area contributed by atoms with E-state index in [9.17, 15) is 43.2 Å². The van der Waals surface area contributed by atoms with Crippen LogP contribution in [0.3, 0.4) is 0 Å². The van der Waals surface area contributed by atoms with E-state index >= 15 is 0 Å². The molecule has 0 aromatic rings. The van der Waals surface area contributed by atoms with Crippen molar-refractivity contribution in [2.75, 3.05) is 39.6 Å². The first kappa shape index (κ1) is 90.1. The highest BCUT2D eigenvalue weighted by atomic mass is 31.2. The van der Waals surface area contributed by atoms with Gasteiger partial charge in [-0.05, 0) is 31.6 Å². The molecule has 0 rings (SSSR count). The number of aliphatic hydroxyl groups is 1. The zero-order valence-corrected chi connectivity index (χ0v) is 61.5. The Bertz CT molecular complexity index is 1770. The summed E-state index contributed by atoms with van der Waals surface area (Å²) in [6, 6.07) is 0. The number of aliphatic hydroxyl groups excluding tert-OH is 1. The van der Waals surface area contributed by atoms with Gasteiger partial charge in [0, 0.05) is 25.7 Å². The van der Waals surface area contributed by atoms with Crippen LogP contribution in [0.15, 0.2) is 0 Å². The lowest BCUT2D eigenvalue weighted by atomic mass is 10.0. The van der Waals surface area contributed by atoms with Crippen LogP contribution in [0.2, 0.25) is 0 Å². The zero-order chi connectivity index (χ0) is 67.7. The number of phosphoric acid groups is 2. The van der Waals surface area contributed by atoms with Gasteiger partial charge in [0.15, 0.2) is 12.2 Å². The molecule has 0 fully saturated rings. The lowest BCUT2D eigenvalue weighted by Crippen LogP contribution is -2.30. The number of ether oxygens (including phenoxy) is 4. The van der Waals surface area contributed by atoms with Gasteiger partial charge in [0.1, 0.15) is 19.3 Å². The minimum absolute atomic E-state index is 0.107. The minimum atomic E-state index is -4.95. The Hall–Kier alpha value is -1.94. The van der Waals surface area contributed by atoms with E-state index in [0.717, 1.165) is 95.8 Å². The molecule has 0 saturated carbocycles. The van der Waals surface area contributed by atoms with Crippen molar-refractivity contribution in [1.29, 1.82) is 0 Å². The van der Waals surface area contributed by atoms with Gasteiger partial charge in [0.2, 0.25) is 0 Å². The van der Waals surface area contributed by atoms with Crippen LogP contribution >= 0.6 is 15.6 Å². The normalized spacial score (nSPS) is 14.0. The van der Waals surface area contributed by atoms with Crippen molar-refractivity contribution in [2.45, 2.75) is 400 Å². The molecule has 0 aliphatic heterocycles. The molecule has 0 amide bonds.